The van der Waals surface area contributed by atoms with Crippen molar-refractivity contribution in [3.8, 4) is 0 Å². The molecule has 1 aliphatic heterocycles. The lowest BCUT2D eigenvalue weighted by Crippen LogP contribution is -2.35. The molecule has 2 unspecified atom stereocenters. The van der Waals surface area contributed by atoms with Crippen molar-refractivity contribution in [1.29, 1.82) is 0 Å². The maximum atomic E-state index is 11.9. The highest BCUT2D eigenvalue weighted by molar-refractivity contribution is 5.68. The summed E-state index contributed by atoms with van der Waals surface area (Å²) in [5.74, 6) is 0.493. The molecule has 2 aliphatic rings. The summed E-state index contributed by atoms with van der Waals surface area (Å²) in [7, 11) is 0. The van der Waals surface area contributed by atoms with Crippen LogP contribution >= 0.6 is 0 Å². The van der Waals surface area contributed by atoms with Crippen molar-refractivity contribution in [2.75, 3.05) is 13.1 Å². The maximum absolute atomic E-state index is 11.9. The molecule has 1 saturated heterocycles. The van der Waals surface area contributed by atoms with Gasteiger partial charge in [-0.3, -0.25) is 0 Å². The third-order valence-corrected chi connectivity index (χ3v) is 3.78. The fourth-order valence-electron chi connectivity index (χ4n) is 2.76. The van der Waals surface area contributed by atoms with Gasteiger partial charge in [-0.05, 0) is 44.9 Å². The quantitative estimate of drug-likeness (QED) is 0.694. The van der Waals surface area contributed by atoms with Gasteiger partial charge in [0.15, 0.2) is 0 Å². The fourth-order valence-corrected chi connectivity index (χ4v) is 2.76. The van der Waals surface area contributed by atoms with Crippen molar-refractivity contribution in [3.63, 3.8) is 0 Å². The molecule has 2 fully saturated rings. The molecule has 1 amide bonds. The van der Waals surface area contributed by atoms with E-state index in [4.69, 9.17) is 4.74 Å². The molecular weight excluding hydrogens is 218 g/mol. The van der Waals surface area contributed by atoms with Crippen LogP contribution in [-0.4, -0.2) is 36.0 Å². The van der Waals surface area contributed by atoms with Crippen molar-refractivity contribution in [1.82, 2.24) is 4.90 Å². The van der Waals surface area contributed by atoms with Crippen molar-refractivity contribution >= 4 is 12.4 Å². The zero-order chi connectivity index (χ0) is 12.7. The number of likely N-dealkylation sites (tertiary alicyclic amines) is 1. The molecule has 2 atom stereocenters. The molecule has 2 rings (SSSR count). The number of hydrogen-bond acceptors (Lipinski definition) is 3. The first-order chi connectivity index (χ1) is 7.86. The first-order valence-electron chi connectivity index (χ1n) is 6.28. The predicted octanol–water partition coefficient (Wildman–Crippen LogP) is 2.22. The van der Waals surface area contributed by atoms with Gasteiger partial charge in [0, 0.05) is 19.5 Å². The molecule has 1 saturated carbocycles. The average Bonchev–Trinajstić information content (AvgIpc) is 2.67. The highest BCUT2D eigenvalue weighted by atomic mass is 16.6. The Morgan fingerprint density at radius 3 is 2.82 bits per heavy atom. The van der Waals surface area contributed by atoms with E-state index in [-0.39, 0.29) is 11.5 Å². The van der Waals surface area contributed by atoms with Gasteiger partial charge in [-0.25, -0.2) is 4.79 Å². The molecule has 0 bridgehead atoms. The van der Waals surface area contributed by atoms with Gasteiger partial charge >= 0.3 is 6.09 Å². The van der Waals surface area contributed by atoms with Crippen LogP contribution in [0, 0.1) is 11.3 Å². The summed E-state index contributed by atoms with van der Waals surface area (Å²) in [5.41, 5.74) is -0.198. The highest BCUT2D eigenvalue weighted by Crippen LogP contribution is 2.59. The molecule has 1 heterocycles. The summed E-state index contributed by atoms with van der Waals surface area (Å²) in [4.78, 5) is 24.2. The van der Waals surface area contributed by atoms with E-state index in [0.717, 1.165) is 32.2 Å². The van der Waals surface area contributed by atoms with Crippen LogP contribution in [0.5, 0.6) is 0 Å². The third-order valence-electron chi connectivity index (χ3n) is 3.78. The van der Waals surface area contributed by atoms with Crippen LogP contribution in [0.15, 0.2) is 0 Å². The number of hydrogen-bond donors (Lipinski definition) is 0. The molecule has 17 heavy (non-hydrogen) atoms. The minimum Gasteiger partial charge on any atom is -0.444 e. The largest absolute Gasteiger partial charge is 0.444 e. The highest BCUT2D eigenvalue weighted by Gasteiger charge is 2.57. The molecule has 4 heteroatoms. The lowest BCUT2D eigenvalue weighted by atomic mass is 10.0. The molecule has 0 aromatic rings. The van der Waals surface area contributed by atoms with Crippen LogP contribution in [0.1, 0.15) is 40.0 Å². The van der Waals surface area contributed by atoms with E-state index >= 15 is 0 Å². The predicted molar refractivity (Wildman–Crippen MR) is 63.6 cm³/mol. The third kappa shape index (κ3) is 2.61. The minimum absolute atomic E-state index is 0.217. The van der Waals surface area contributed by atoms with E-state index in [1.54, 1.807) is 4.90 Å². The Balaban J connectivity index is 1.87. The van der Waals surface area contributed by atoms with E-state index < -0.39 is 5.60 Å². The number of carbonyl (C=O) groups is 2. The molecule has 4 nitrogen and oxygen atoms in total. The summed E-state index contributed by atoms with van der Waals surface area (Å²) in [6.07, 6.45) is 3.53. The van der Waals surface area contributed by atoms with Crippen LogP contribution in [0.4, 0.5) is 4.79 Å². The van der Waals surface area contributed by atoms with Crippen LogP contribution in [0.3, 0.4) is 0 Å². The second kappa shape index (κ2) is 4.00. The van der Waals surface area contributed by atoms with Crippen LogP contribution in [0.2, 0.25) is 0 Å². The monoisotopic (exact) mass is 239 g/mol. The van der Waals surface area contributed by atoms with Crippen molar-refractivity contribution in [2.45, 2.75) is 45.6 Å². The smallest absolute Gasteiger partial charge is 0.410 e. The Hall–Kier alpha value is -1.06. The average molecular weight is 239 g/mol. The number of aldehydes is 1. The number of rotatable bonds is 2. The molecule has 96 valence electrons. The normalized spacial score (nSPS) is 31.7. The Kier molecular flexibility index (Phi) is 2.92. The second-order valence-corrected chi connectivity index (χ2v) is 6.32. The Bertz CT molecular complexity index is 334. The Morgan fingerprint density at radius 2 is 2.24 bits per heavy atom. The Morgan fingerprint density at radius 1 is 1.53 bits per heavy atom. The van der Waals surface area contributed by atoms with Gasteiger partial charge in [-0.15, -0.1) is 0 Å². The number of carbonyl (C=O) groups excluding carboxylic acids is 2. The molecule has 1 aliphatic carbocycles. The van der Waals surface area contributed by atoms with Crippen molar-refractivity contribution < 1.29 is 14.3 Å². The molecule has 0 aromatic carbocycles. The number of amides is 1. The molecule has 1 spiro atoms. The molecule has 0 radical (unpaired) electrons. The molecule has 0 aromatic heterocycles. The second-order valence-electron chi connectivity index (χ2n) is 6.32. The Labute approximate surface area is 102 Å². The van der Waals surface area contributed by atoms with Crippen molar-refractivity contribution in [2.24, 2.45) is 11.3 Å². The SMILES string of the molecule is CC(C)(C)OC(=O)N1CCC2(CC2CC=O)C1. The van der Waals surface area contributed by atoms with E-state index in [9.17, 15) is 9.59 Å². The first-order valence-corrected chi connectivity index (χ1v) is 6.28. The zero-order valence-corrected chi connectivity index (χ0v) is 10.9. The van der Waals surface area contributed by atoms with Gasteiger partial charge in [0.1, 0.15) is 11.9 Å². The summed E-state index contributed by atoms with van der Waals surface area (Å²) < 4.78 is 5.36. The summed E-state index contributed by atoms with van der Waals surface area (Å²) in [6, 6.07) is 0. The first kappa shape index (κ1) is 12.4. The summed E-state index contributed by atoms with van der Waals surface area (Å²) in [5, 5.41) is 0. The van der Waals surface area contributed by atoms with Crippen LogP contribution < -0.4 is 0 Å². The van der Waals surface area contributed by atoms with E-state index in [1.807, 2.05) is 20.8 Å². The number of ether oxygens (including phenoxy) is 1. The fraction of sp³-hybridized carbons (Fsp3) is 0.846. The zero-order valence-electron chi connectivity index (χ0n) is 10.9. The van der Waals surface area contributed by atoms with Crippen molar-refractivity contribution in [3.05, 3.63) is 0 Å². The van der Waals surface area contributed by atoms with Gasteiger partial charge < -0.3 is 14.4 Å². The lowest BCUT2D eigenvalue weighted by molar-refractivity contribution is -0.108. The van der Waals surface area contributed by atoms with E-state index in [2.05, 4.69) is 0 Å². The standard InChI is InChI=1S/C13H21NO3/c1-12(2,3)17-11(16)14-6-5-13(9-14)8-10(13)4-7-15/h7,10H,4-6,8-9H2,1-3H3. The minimum atomic E-state index is -0.432. The number of nitrogens with zero attached hydrogens (tertiary/aromatic N) is 1. The summed E-state index contributed by atoms with van der Waals surface area (Å²) >= 11 is 0. The molecular formula is C13H21NO3. The van der Waals surface area contributed by atoms with E-state index in [0.29, 0.717) is 12.3 Å². The van der Waals surface area contributed by atoms with Gasteiger partial charge in [0.25, 0.3) is 0 Å². The van der Waals surface area contributed by atoms with Gasteiger partial charge in [-0.2, -0.15) is 0 Å². The topological polar surface area (TPSA) is 46.6 Å². The van der Waals surface area contributed by atoms with Crippen LogP contribution in [-0.2, 0) is 9.53 Å². The van der Waals surface area contributed by atoms with Gasteiger partial charge in [0.2, 0.25) is 0 Å². The lowest BCUT2D eigenvalue weighted by Gasteiger charge is -2.24. The van der Waals surface area contributed by atoms with E-state index in [1.165, 1.54) is 0 Å². The van der Waals surface area contributed by atoms with Gasteiger partial charge in [0.05, 0.1) is 0 Å². The van der Waals surface area contributed by atoms with Gasteiger partial charge in [-0.1, -0.05) is 0 Å². The summed E-state index contributed by atoms with van der Waals surface area (Å²) in [6.45, 7) is 7.17. The maximum Gasteiger partial charge on any atom is 0.410 e. The molecule has 0 N–H and O–H groups in total. The van der Waals surface area contributed by atoms with Crippen LogP contribution in [0.25, 0.3) is 0 Å².